The van der Waals surface area contributed by atoms with Gasteiger partial charge in [-0.2, -0.15) is 5.06 Å². The minimum atomic E-state index is -4.14. The van der Waals surface area contributed by atoms with Gasteiger partial charge in [0.2, 0.25) is 0 Å². The Labute approximate surface area is 86.8 Å². The van der Waals surface area contributed by atoms with E-state index in [2.05, 4.69) is 0 Å². The van der Waals surface area contributed by atoms with Crippen LogP contribution in [-0.4, -0.2) is 55.3 Å². The highest BCUT2D eigenvalue weighted by atomic mass is 31.2. The maximum Gasteiger partial charge on any atom is 0.326 e. The number of nitrogens with zero attached hydrogens (tertiary/aromatic N) is 1. The summed E-state index contributed by atoms with van der Waals surface area (Å²) in [4.78, 5) is 33.9. The predicted octanol–water partition coefficient (Wildman–Crippen LogP) is -0.577. The molecule has 0 radical (unpaired) electrons. The first-order valence-corrected chi connectivity index (χ1v) is 7.73. The van der Waals surface area contributed by atoms with Gasteiger partial charge in [-0.25, -0.2) is 0 Å². The molecule has 0 aromatic rings. The Morgan fingerprint density at radius 1 is 0.867 bits per heavy atom. The van der Waals surface area contributed by atoms with Crippen molar-refractivity contribution in [2.75, 3.05) is 25.4 Å². The molecule has 0 atom stereocenters. The molecule has 0 aliphatic rings. The van der Waals surface area contributed by atoms with E-state index in [0.29, 0.717) is 5.06 Å². The highest BCUT2D eigenvalue weighted by molar-refractivity contribution is 7.52. The lowest BCUT2D eigenvalue weighted by Crippen LogP contribution is -2.24. The number of hydrogen-bond donors (Lipinski definition) is 5. The van der Waals surface area contributed by atoms with Gasteiger partial charge in [0.05, 0.1) is 12.3 Å². The summed E-state index contributed by atoms with van der Waals surface area (Å²) >= 11 is 0. The Hall–Kier alpha value is 0.220. The molecule has 5 N–H and O–H groups in total. The van der Waals surface area contributed by atoms with Crippen molar-refractivity contribution in [2.45, 2.75) is 6.42 Å². The summed E-state index contributed by atoms with van der Waals surface area (Å²) in [6.07, 6.45) is -0.790. The highest BCUT2D eigenvalue weighted by Gasteiger charge is 2.16. The first kappa shape index (κ1) is 15.2. The third kappa shape index (κ3) is 12.2. The van der Waals surface area contributed by atoms with Crippen LogP contribution in [0.5, 0.6) is 0 Å². The second kappa shape index (κ2) is 6.08. The highest BCUT2D eigenvalue weighted by Crippen LogP contribution is 2.35. The van der Waals surface area contributed by atoms with Crippen LogP contribution in [0.1, 0.15) is 6.42 Å². The fourth-order valence-electron chi connectivity index (χ4n) is 0.817. The van der Waals surface area contributed by atoms with Crippen molar-refractivity contribution in [3.05, 3.63) is 0 Å². The molecule has 0 aromatic carbocycles. The molecule has 0 unspecified atom stereocenters. The fourth-order valence-corrected chi connectivity index (χ4v) is 1.86. The van der Waals surface area contributed by atoms with Crippen LogP contribution in [0.3, 0.4) is 0 Å². The molecule has 0 aliphatic carbocycles. The third-order valence-electron chi connectivity index (χ3n) is 1.52. The maximum atomic E-state index is 10.4. The van der Waals surface area contributed by atoms with E-state index in [1.165, 1.54) is 0 Å². The average molecular weight is 263 g/mol. The number of hydrogen-bond acceptors (Lipinski definition) is 4. The molecular weight excluding hydrogens is 248 g/mol. The molecule has 92 valence electrons. The van der Waals surface area contributed by atoms with Gasteiger partial charge < -0.3 is 24.8 Å². The summed E-state index contributed by atoms with van der Waals surface area (Å²) in [6.45, 7) is -0.267. The summed E-state index contributed by atoms with van der Waals surface area (Å²) in [7, 11) is -8.20. The molecular formula is C5H15NO7P2. The molecule has 10 heteroatoms. The summed E-state index contributed by atoms with van der Waals surface area (Å²) in [6, 6.07) is 0. The van der Waals surface area contributed by atoms with Gasteiger partial charge in [0.1, 0.15) is 0 Å². The lowest BCUT2D eigenvalue weighted by atomic mass is 10.5. The van der Waals surface area contributed by atoms with Gasteiger partial charge in [0.25, 0.3) is 0 Å². The van der Waals surface area contributed by atoms with Crippen LogP contribution >= 0.6 is 15.2 Å². The first-order valence-electron chi connectivity index (χ1n) is 4.13. The van der Waals surface area contributed by atoms with Crippen molar-refractivity contribution in [3.8, 4) is 0 Å². The zero-order valence-electron chi connectivity index (χ0n) is 7.93. The molecule has 0 heterocycles. The average Bonchev–Trinajstić information content (AvgIpc) is 1.97. The topological polar surface area (TPSA) is 139 Å². The first-order chi connectivity index (χ1) is 6.60. The van der Waals surface area contributed by atoms with Gasteiger partial charge in [-0.3, -0.25) is 9.13 Å². The third-order valence-corrected chi connectivity index (χ3v) is 3.20. The fraction of sp³-hybridized carbons (Fsp3) is 1.00. The van der Waals surface area contributed by atoms with E-state index >= 15 is 0 Å². The Morgan fingerprint density at radius 3 is 1.73 bits per heavy atom. The summed E-state index contributed by atoms with van der Waals surface area (Å²) in [5.74, 6) is 0. The van der Waals surface area contributed by atoms with E-state index in [1.54, 1.807) is 0 Å². The van der Waals surface area contributed by atoms with Crippen molar-refractivity contribution in [3.63, 3.8) is 0 Å². The number of rotatable bonds is 7. The smallest absolute Gasteiger partial charge is 0.324 e. The van der Waals surface area contributed by atoms with Crippen LogP contribution < -0.4 is 0 Å². The standard InChI is InChI=1S/C5H15NO7P2/c7-6(3-5-15(11,12)13)2-1-4-14(8,9)10/h7H,1-5H2,(H2,8,9,10)(H2,11,12,13). The zero-order chi connectivity index (χ0) is 12.1. The summed E-state index contributed by atoms with van der Waals surface area (Å²) < 4.78 is 20.8. The van der Waals surface area contributed by atoms with E-state index in [9.17, 15) is 9.13 Å². The lowest BCUT2D eigenvalue weighted by Gasteiger charge is -2.14. The largest absolute Gasteiger partial charge is 0.326 e. The predicted molar refractivity (Wildman–Crippen MR) is 51.8 cm³/mol. The maximum absolute atomic E-state index is 10.4. The van der Waals surface area contributed by atoms with Crippen molar-refractivity contribution in [2.24, 2.45) is 0 Å². The molecule has 0 saturated heterocycles. The second-order valence-corrected chi connectivity index (χ2v) is 6.64. The van der Waals surface area contributed by atoms with E-state index in [1.807, 2.05) is 0 Å². The molecule has 8 nitrogen and oxygen atoms in total. The number of hydroxylamine groups is 2. The van der Waals surface area contributed by atoms with E-state index in [4.69, 9.17) is 24.8 Å². The van der Waals surface area contributed by atoms with Gasteiger partial charge in [-0.15, -0.1) is 0 Å². The molecule has 0 saturated carbocycles. The van der Waals surface area contributed by atoms with Crippen LogP contribution in [0.4, 0.5) is 0 Å². The molecule has 0 spiro atoms. The Balaban J connectivity index is 3.63. The molecule has 0 aromatic heterocycles. The molecule has 0 bridgehead atoms. The van der Waals surface area contributed by atoms with Crippen LogP contribution in [0.2, 0.25) is 0 Å². The molecule has 0 amide bonds. The van der Waals surface area contributed by atoms with Crippen LogP contribution in [-0.2, 0) is 9.13 Å². The quantitative estimate of drug-likeness (QED) is 0.304. The van der Waals surface area contributed by atoms with E-state index in [0.717, 1.165) is 0 Å². The van der Waals surface area contributed by atoms with Crippen molar-refractivity contribution >= 4 is 15.2 Å². The van der Waals surface area contributed by atoms with Crippen LogP contribution in [0.15, 0.2) is 0 Å². The normalized spacial score (nSPS) is 13.5. The molecule has 0 fully saturated rings. The van der Waals surface area contributed by atoms with Crippen LogP contribution in [0, 0.1) is 0 Å². The molecule has 0 aliphatic heterocycles. The van der Waals surface area contributed by atoms with Gasteiger partial charge in [0, 0.05) is 13.1 Å². The van der Waals surface area contributed by atoms with Gasteiger partial charge >= 0.3 is 15.2 Å². The SMILES string of the molecule is O=P(O)(O)CCCN(O)CCP(=O)(O)O. The Bertz CT molecular complexity index is 271. The second-order valence-electron chi connectivity index (χ2n) is 3.08. The summed E-state index contributed by atoms with van der Waals surface area (Å²) in [5, 5.41) is 9.68. The van der Waals surface area contributed by atoms with Crippen molar-refractivity contribution in [1.82, 2.24) is 5.06 Å². The molecule has 15 heavy (non-hydrogen) atoms. The van der Waals surface area contributed by atoms with Crippen molar-refractivity contribution in [1.29, 1.82) is 0 Å². The lowest BCUT2D eigenvalue weighted by molar-refractivity contribution is -0.0856. The minimum absolute atomic E-state index is 0.0366. The Morgan fingerprint density at radius 2 is 1.33 bits per heavy atom. The van der Waals surface area contributed by atoms with Crippen molar-refractivity contribution < 1.29 is 33.9 Å². The minimum Gasteiger partial charge on any atom is -0.324 e. The Kier molecular flexibility index (Phi) is 6.17. The van der Waals surface area contributed by atoms with Gasteiger partial charge in [0.15, 0.2) is 0 Å². The van der Waals surface area contributed by atoms with E-state index in [-0.39, 0.29) is 25.7 Å². The summed E-state index contributed by atoms with van der Waals surface area (Å²) in [5.41, 5.74) is 0. The van der Waals surface area contributed by atoms with E-state index < -0.39 is 21.4 Å². The van der Waals surface area contributed by atoms with Gasteiger partial charge in [-0.1, -0.05) is 0 Å². The van der Waals surface area contributed by atoms with Gasteiger partial charge in [-0.05, 0) is 6.42 Å². The van der Waals surface area contributed by atoms with Crippen LogP contribution in [0.25, 0.3) is 0 Å². The monoisotopic (exact) mass is 263 g/mol. The zero-order valence-corrected chi connectivity index (χ0v) is 9.72. The molecule has 0 rings (SSSR count).